The quantitative estimate of drug-likeness (QED) is 0.834. The van der Waals surface area contributed by atoms with Crippen LogP contribution in [0.4, 0.5) is 0 Å². The summed E-state index contributed by atoms with van der Waals surface area (Å²) in [4.78, 5) is 0. The van der Waals surface area contributed by atoms with Crippen molar-refractivity contribution in [1.29, 1.82) is 0 Å². The minimum absolute atomic E-state index is 0.217. The van der Waals surface area contributed by atoms with Crippen LogP contribution in [0.3, 0.4) is 0 Å². The average molecular weight is 272 g/mol. The minimum Gasteiger partial charge on any atom is -0.392 e. The zero-order valence-corrected chi connectivity index (χ0v) is 10.6. The Bertz CT molecular complexity index is 273. The number of hydrogen-bond donors (Lipinski definition) is 2. The van der Waals surface area contributed by atoms with E-state index < -0.39 is 0 Å². The first-order valence-electron chi connectivity index (χ1n) is 5.35. The highest BCUT2D eigenvalue weighted by molar-refractivity contribution is 9.10. The molecule has 1 aromatic carbocycles. The SMILES string of the molecule is CCCC(O)CNCc1ccc(Br)cc1. The van der Waals surface area contributed by atoms with Crippen molar-refractivity contribution < 1.29 is 5.11 Å². The van der Waals surface area contributed by atoms with Crippen LogP contribution in [0.25, 0.3) is 0 Å². The highest BCUT2D eigenvalue weighted by atomic mass is 79.9. The Labute approximate surface area is 99.8 Å². The van der Waals surface area contributed by atoms with E-state index in [0.29, 0.717) is 6.54 Å². The predicted octanol–water partition coefficient (Wildman–Crippen LogP) is 2.70. The highest BCUT2D eigenvalue weighted by Gasteiger charge is 2.01. The molecular weight excluding hydrogens is 254 g/mol. The van der Waals surface area contributed by atoms with Crippen molar-refractivity contribution in [2.45, 2.75) is 32.4 Å². The van der Waals surface area contributed by atoms with E-state index in [2.05, 4.69) is 40.3 Å². The van der Waals surface area contributed by atoms with Crippen molar-refractivity contribution in [3.05, 3.63) is 34.3 Å². The molecule has 0 aliphatic heterocycles. The third-order valence-corrected chi connectivity index (χ3v) is 2.77. The third-order valence-electron chi connectivity index (χ3n) is 2.24. The lowest BCUT2D eigenvalue weighted by atomic mass is 10.2. The fourth-order valence-electron chi connectivity index (χ4n) is 1.42. The molecule has 0 amide bonds. The first-order valence-corrected chi connectivity index (χ1v) is 6.15. The van der Waals surface area contributed by atoms with Crippen LogP contribution in [0, 0.1) is 0 Å². The smallest absolute Gasteiger partial charge is 0.0664 e. The average Bonchev–Trinajstić information content (AvgIpc) is 2.21. The predicted molar refractivity (Wildman–Crippen MR) is 66.8 cm³/mol. The second-order valence-electron chi connectivity index (χ2n) is 3.70. The van der Waals surface area contributed by atoms with Crippen LogP contribution >= 0.6 is 15.9 Å². The van der Waals surface area contributed by atoms with Crippen LogP contribution in [-0.2, 0) is 6.54 Å². The molecule has 2 nitrogen and oxygen atoms in total. The largest absolute Gasteiger partial charge is 0.392 e. The molecule has 0 bridgehead atoms. The summed E-state index contributed by atoms with van der Waals surface area (Å²) in [7, 11) is 0. The van der Waals surface area contributed by atoms with Crippen LogP contribution in [0.1, 0.15) is 25.3 Å². The lowest BCUT2D eigenvalue weighted by molar-refractivity contribution is 0.160. The molecule has 0 spiro atoms. The van der Waals surface area contributed by atoms with Crippen LogP contribution in [0.15, 0.2) is 28.7 Å². The minimum atomic E-state index is -0.217. The third kappa shape index (κ3) is 5.30. The summed E-state index contributed by atoms with van der Waals surface area (Å²) in [5, 5.41) is 12.7. The summed E-state index contributed by atoms with van der Waals surface area (Å²) in [5.41, 5.74) is 1.24. The van der Waals surface area contributed by atoms with Gasteiger partial charge in [-0.15, -0.1) is 0 Å². The van der Waals surface area contributed by atoms with Gasteiger partial charge in [-0.2, -0.15) is 0 Å². The van der Waals surface area contributed by atoms with Gasteiger partial charge in [0.05, 0.1) is 6.10 Å². The van der Waals surface area contributed by atoms with Gasteiger partial charge < -0.3 is 10.4 Å². The molecule has 0 saturated carbocycles. The van der Waals surface area contributed by atoms with Crippen molar-refractivity contribution >= 4 is 15.9 Å². The van der Waals surface area contributed by atoms with Crippen LogP contribution in [0.2, 0.25) is 0 Å². The standard InChI is InChI=1S/C12H18BrNO/c1-2-3-12(15)9-14-8-10-4-6-11(13)7-5-10/h4-7,12,14-15H,2-3,8-9H2,1H3. The lowest BCUT2D eigenvalue weighted by Gasteiger charge is -2.10. The molecule has 0 radical (unpaired) electrons. The Morgan fingerprint density at radius 3 is 2.60 bits per heavy atom. The van der Waals surface area contributed by atoms with Crippen LogP contribution < -0.4 is 5.32 Å². The molecule has 0 saturated heterocycles. The molecule has 0 heterocycles. The molecule has 1 aromatic rings. The molecule has 1 rings (SSSR count). The lowest BCUT2D eigenvalue weighted by Crippen LogP contribution is -2.26. The van der Waals surface area contributed by atoms with Gasteiger partial charge in [-0.25, -0.2) is 0 Å². The van der Waals surface area contributed by atoms with Gasteiger partial charge in [0.25, 0.3) is 0 Å². The number of aliphatic hydroxyl groups excluding tert-OH is 1. The highest BCUT2D eigenvalue weighted by Crippen LogP contribution is 2.10. The Kier molecular flexibility index (Phi) is 5.91. The van der Waals surface area contributed by atoms with E-state index in [9.17, 15) is 5.11 Å². The molecule has 3 heteroatoms. The van der Waals surface area contributed by atoms with Crippen LogP contribution in [-0.4, -0.2) is 17.8 Å². The first-order chi connectivity index (χ1) is 7.22. The van der Waals surface area contributed by atoms with Gasteiger partial charge in [-0.3, -0.25) is 0 Å². The topological polar surface area (TPSA) is 32.3 Å². The molecular formula is C12H18BrNO. The maximum atomic E-state index is 9.50. The summed E-state index contributed by atoms with van der Waals surface area (Å²) in [6.45, 7) is 3.57. The number of benzene rings is 1. The summed E-state index contributed by atoms with van der Waals surface area (Å²) < 4.78 is 1.09. The Hall–Kier alpha value is -0.380. The maximum absolute atomic E-state index is 9.50. The van der Waals surface area contributed by atoms with Gasteiger partial charge in [-0.1, -0.05) is 41.4 Å². The molecule has 2 N–H and O–H groups in total. The van der Waals surface area contributed by atoms with Crippen molar-refractivity contribution in [3.63, 3.8) is 0 Å². The van der Waals surface area contributed by atoms with E-state index in [4.69, 9.17) is 0 Å². The second-order valence-corrected chi connectivity index (χ2v) is 4.62. The number of aliphatic hydroxyl groups is 1. The Morgan fingerprint density at radius 1 is 1.33 bits per heavy atom. The van der Waals surface area contributed by atoms with Crippen molar-refractivity contribution in [2.75, 3.05) is 6.54 Å². The van der Waals surface area contributed by atoms with E-state index in [1.165, 1.54) is 5.56 Å². The van der Waals surface area contributed by atoms with Gasteiger partial charge >= 0.3 is 0 Å². The normalized spacial score (nSPS) is 12.7. The molecule has 84 valence electrons. The van der Waals surface area contributed by atoms with E-state index in [1.54, 1.807) is 0 Å². The van der Waals surface area contributed by atoms with Gasteiger partial charge in [0.2, 0.25) is 0 Å². The zero-order chi connectivity index (χ0) is 11.1. The van der Waals surface area contributed by atoms with E-state index >= 15 is 0 Å². The fourth-order valence-corrected chi connectivity index (χ4v) is 1.68. The first kappa shape index (κ1) is 12.7. The fraction of sp³-hybridized carbons (Fsp3) is 0.500. The summed E-state index contributed by atoms with van der Waals surface area (Å²) >= 11 is 3.40. The van der Waals surface area contributed by atoms with Crippen molar-refractivity contribution in [1.82, 2.24) is 5.32 Å². The number of hydrogen-bond acceptors (Lipinski definition) is 2. The van der Waals surface area contributed by atoms with Crippen molar-refractivity contribution in [3.8, 4) is 0 Å². The zero-order valence-electron chi connectivity index (χ0n) is 9.04. The molecule has 0 aromatic heterocycles. The van der Waals surface area contributed by atoms with Gasteiger partial charge in [-0.05, 0) is 24.1 Å². The monoisotopic (exact) mass is 271 g/mol. The summed E-state index contributed by atoms with van der Waals surface area (Å²) in [6.07, 6.45) is 1.68. The van der Waals surface area contributed by atoms with Gasteiger partial charge in [0, 0.05) is 17.6 Å². The van der Waals surface area contributed by atoms with E-state index in [0.717, 1.165) is 23.9 Å². The van der Waals surface area contributed by atoms with Gasteiger partial charge in [0.15, 0.2) is 0 Å². The number of rotatable bonds is 6. The molecule has 15 heavy (non-hydrogen) atoms. The molecule has 1 unspecified atom stereocenters. The van der Waals surface area contributed by atoms with E-state index in [1.807, 2.05) is 12.1 Å². The van der Waals surface area contributed by atoms with Gasteiger partial charge in [0.1, 0.15) is 0 Å². The molecule has 0 aliphatic rings. The molecule has 0 fully saturated rings. The van der Waals surface area contributed by atoms with Crippen molar-refractivity contribution in [2.24, 2.45) is 0 Å². The number of nitrogens with one attached hydrogen (secondary N) is 1. The Balaban J connectivity index is 2.22. The number of halogens is 1. The summed E-state index contributed by atoms with van der Waals surface area (Å²) in [6, 6.07) is 8.20. The maximum Gasteiger partial charge on any atom is 0.0664 e. The Morgan fingerprint density at radius 2 is 2.00 bits per heavy atom. The van der Waals surface area contributed by atoms with Crippen LogP contribution in [0.5, 0.6) is 0 Å². The summed E-state index contributed by atoms with van der Waals surface area (Å²) in [5.74, 6) is 0. The second kappa shape index (κ2) is 6.99. The van der Waals surface area contributed by atoms with E-state index in [-0.39, 0.29) is 6.10 Å². The molecule has 0 aliphatic carbocycles. The molecule has 1 atom stereocenters.